The third kappa shape index (κ3) is 7.31. The minimum Gasteiger partial charge on any atom is -0.494 e. The minimum atomic E-state index is 0. The molecule has 1 aliphatic carbocycles. The smallest absolute Gasteiger partial charge is 0.191 e. The Morgan fingerprint density at radius 1 is 1.14 bits per heavy atom. The molecule has 3 rings (SSSR count). The number of hydrogen-bond donors (Lipinski definition) is 2. The van der Waals surface area contributed by atoms with E-state index >= 15 is 0 Å². The van der Waals surface area contributed by atoms with Gasteiger partial charge in [0.1, 0.15) is 5.75 Å². The fourth-order valence-electron chi connectivity index (χ4n) is 4.57. The van der Waals surface area contributed by atoms with Crippen molar-refractivity contribution in [2.45, 2.75) is 77.4 Å². The molecule has 29 heavy (non-hydrogen) atoms. The van der Waals surface area contributed by atoms with Gasteiger partial charge in [0.05, 0.1) is 6.61 Å². The number of guanidine groups is 1. The van der Waals surface area contributed by atoms with Crippen molar-refractivity contribution in [3.05, 3.63) is 29.3 Å². The molecule has 2 aliphatic rings. The van der Waals surface area contributed by atoms with E-state index in [9.17, 15) is 0 Å². The maximum Gasteiger partial charge on any atom is 0.191 e. The topological polar surface area (TPSA) is 48.9 Å². The lowest BCUT2D eigenvalue weighted by atomic mass is 9.92. The molecule has 1 saturated carbocycles. The van der Waals surface area contributed by atoms with Crippen LogP contribution in [-0.2, 0) is 6.54 Å². The van der Waals surface area contributed by atoms with E-state index in [4.69, 9.17) is 4.74 Å². The van der Waals surface area contributed by atoms with Gasteiger partial charge in [-0.05, 0) is 56.7 Å². The van der Waals surface area contributed by atoms with Crippen molar-refractivity contribution in [3.63, 3.8) is 0 Å². The number of hydrogen-bond acceptors (Lipinski definition) is 3. The molecule has 2 N–H and O–H groups in total. The summed E-state index contributed by atoms with van der Waals surface area (Å²) in [5, 5.41) is 7.10. The van der Waals surface area contributed by atoms with Crippen molar-refractivity contribution in [1.82, 2.24) is 15.5 Å². The fraction of sp³-hybridized carbons (Fsp3) is 0.696. The van der Waals surface area contributed by atoms with Gasteiger partial charge in [-0.1, -0.05) is 31.4 Å². The number of aryl methyl sites for hydroxylation is 1. The summed E-state index contributed by atoms with van der Waals surface area (Å²) in [5.41, 5.74) is 2.43. The number of nitrogens with one attached hydrogen (secondary N) is 2. The Bertz CT molecular complexity index is 638. The van der Waals surface area contributed by atoms with Crippen LogP contribution in [0, 0.1) is 6.92 Å². The number of ether oxygens (including phenoxy) is 1. The van der Waals surface area contributed by atoms with Crippen molar-refractivity contribution >= 4 is 29.9 Å². The van der Waals surface area contributed by atoms with Crippen LogP contribution in [0.4, 0.5) is 0 Å². The zero-order chi connectivity index (χ0) is 19.8. The maximum absolute atomic E-state index is 5.63. The highest BCUT2D eigenvalue weighted by molar-refractivity contribution is 14.0. The van der Waals surface area contributed by atoms with E-state index in [2.05, 4.69) is 45.6 Å². The van der Waals surface area contributed by atoms with E-state index < -0.39 is 0 Å². The number of rotatable bonds is 6. The zero-order valence-electron chi connectivity index (χ0n) is 18.4. The molecule has 1 aliphatic heterocycles. The molecule has 164 valence electrons. The molecule has 0 unspecified atom stereocenters. The summed E-state index contributed by atoms with van der Waals surface area (Å²) in [4.78, 5) is 7.16. The van der Waals surface area contributed by atoms with Gasteiger partial charge in [0.25, 0.3) is 0 Å². The van der Waals surface area contributed by atoms with Gasteiger partial charge in [-0.2, -0.15) is 0 Å². The summed E-state index contributed by atoms with van der Waals surface area (Å²) in [6.45, 7) is 8.03. The van der Waals surface area contributed by atoms with Crippen LogP contribution in [0.3, 0.4) is 0 Å². The number of nitrogens with zero attached hydrogens (tertiary/aromatic N) is 2. The lowest BCUT2D eigenvalue weighted by molar-refractivity contribution is 0.119. The van der Waals surface area contributed by atoms with Crippen LogP contribution in [0.5, 0.6) is 5.75 Å². The first kappa shape index (κ1) is 24.3. The molecule has 0 spiro atoms. The summed E-state index contributed by atoms with van der Waals surface area (Å²) >= 11 is 0. The van der Waals surface area contributed by atoms with Crippen molar-refractivity contribution in [3.8, 4) is 5.75 Å². The minimum absolute atomic E-state index is 0. The van der Waals surface area contributed by atoms with Gasteiger partial charge in [-0.15, -0.1) is 24.0 Å². The van der Waals surface area contributed by atoms with Crippen LogP contribution in [0.15, 0.2) is 23.2 Å². The van der Waals surface area contributed by atoms with E-state index in [0.29, 0.717) is 12.6 Å². The first-order valence-electron chi connectivity index (χ1n) is 11.1. The molecule has 1 heterocycles. The lowest BCUT2D eigenvalue weighted by Gasteiger charge is -2.39. The number of piperidine rings is 1. The summed E-state index contributed by atoms with van der Waals surface area (Å²) in [6.07, 6.45) is 9.50. The number of benzene rings is 1. The molecule has 5 nitrogen and oxygen atoms in total. The Labute approximate surface area is 194 Å². The summed E-state index contributed by atoms with van der Waals surface area (Å²) in [5.74, 6) is 1.88. The van der Waals surface area contributed by atoms with Crippen LogP contribution in [0.1, 0.15) is 63.0 Å². The predicted molar refractivity (Wildman–Crippen MR) is 133 cm³/mol. The van der Waals surface area contributed by atoms with Gasteiger partial charge in [0, 0.05) is 38.8 Å². The van der Waals surface area contributed by atoms with E-state index in [0.717, 1.165) is 24.3 Å². The Kier molecular flexibility index (Phi) is 10.6. The van der Waals surface area contributed by atoms with Gasteiger partial charge < -0.3 is 20.3 Å². The Morgan fingerprint density at radius 3 is 2.48 bits per heavy atom. The molecule has 0 amide bonds. The van der Waals surface area contributed by atoms with Gasteiger partial charge >= 0.3 is 0 Å². The first-order chi connectivity index (χ1) is 13.7. The van der Waals surface area contributed by atoms with Gasteiger partial charge in [0.15, 0.2) is 5.96 Å². The third-order valence-corrected chi connectivity index (χ3v) is 6.18. The molecule has 1 aromatic rings. The molecule has 2 fully saturated rings. The Morgan fingerprint density at radius 2 is 1.86 bits per heavy atom. The summed E-state index contributed by atoms with van der Waals surface area (Å²) in [6, 6.07) is 7.74. The average Bonchev–Trinajstić information content (AvgIpc) is 2.74. The number of halogens is 1. The third-order valence-electron chi connectivity index (χ3n) is 6.18. The Balaban J connectivity index is 0.00000300. The van der Waals surface area contributed by atoms with Crippen LogP contribution in [-0.4, -0.2) is 49.7 Å². The van der Waals surface area contributed by atoms with E-state index in [1.54, 1.807) is 0 Å². The zero-order valence-corrected chi connectivity index (χ0v) is 20.7. The highest BCUT2D eigenvalue weighted by Gasteiger charge is 2.26. The van der Waals surface area contributed by atoms with Gasteiger partial charge in [-0.3, -0.25) is 4.99 Å². The normalized spacial score (nSPS) is 19.5. The quantitative estimate of drug-likeness (QED) is 0.334. The molecule has 0 radical (unpaired) electrons. The van der Waals surface area contributed by atoms with Crippen LogP contribution < -0.4 is 15.4 Å². The van der Waals surface area contributed by atoms with Crippen LogP contribution >= 0.6 is 24.0 Å². The lowest BCUT2D eigenvalue weighted by Crippen LogP contribution is -2.50. The molecule has 0 atom stereocenters. The van der Waals surface area contributed by atoms with Crippen molar-refractivity contribution in [2.24, 2.45) is 4.99 Å². The van der Waals surface area contributed by atoms with E-state index in [1.807, 2.05) is 14.0 Å². The van der Waals surface area contributed by atoms with Crippen LogP contribution in [0.25, 0.3) is 0 Å². The average molecular weight is 514 g/mol. The molecule has 1 saturated heterocycles. The second-order valence-corrected chi connectivity index (χ2v) is 8.21. The molecule has 6 heteroatoms. The monoisotopic (exact) mass is 514 g/mol. The highest BCUT2D eigenvalue weighted by Crippen LogP contribution is 2.25. The molecule has 0 bridgehead atoms. The largest absolute Gasteiger partial charge is 0.494 e. The predicted octanol–water partition coefficient (Wildman–Crippen LogP) is 4.47. The molecular weight excluding hydrogens is 475 g/mol. The standard InChI is InChI=1S/C23H38N4O.HI/c1-4-28-22-11-10-19(16-18(22)2)17-25-23(24-3)26-20-12-14-27(15-13-20)21-8-6-5-7-9-21;/h10-11,16,20-21H,4-9,12-15,17H2,1-3H3,(H2,24,25,26);1H. The molecular formula is C23H39IN4O. The van der Waals surface area contributed by atoms with Gasteiger partial charge in [-0.25, -0.2) is 0 Å². The maximum atomic E-state index is 5.63. The fourth-order valence-corrected chi connectivity index (χ4v) is 4.57. The highest BCUT2D eigenvalue weighted by atomic mass is 127. The number of aliphatic imine (C=N–C) groups is 1. The van der Waals surface area contributed by atoms with E-state index in [1.165, 1.54) is 69.2 Å². The van der Waals surface area contributed by atoms with Gasteiger partial charge in [0.2, 0.25) is 0 Å². The van der Waals surface area contributed by atoms with Crippen molar-refractivity contribution in [1.29, 1.82) is 0 Å². The molecule has 0 aromatic heterocycles. The SMILES string of the molecule is CCOc1ccc(CNC(=NC)NC2CCN(C3CCCCC3)CC2)cc1C.I. The second-order valence-electron chi connectivity index (χ2n) is 8.21. The van der Waals surface area contributed by atoms with Crippen molar-refractivity contribution in [2.75, 3.05) is 26.7 Å². The number of likely N-dealkylation sites (tertiary alicyclic amines) is 1. The van der Waals surface area contributed by atoms with Crippen molar-refractivity contribution < 1.29 is 4.74 Å². The first-order valence-corrected chi connectivity index (χ1v) is 11.1. The summed E-state index contributed by atoms with van der Waals surface area (Å²) < 4.78 is 5.63. The molecule has 1 aromatic carbocycles. The summed E-state index contributed by atoms with van der Waals surface area (Å²) in [7, 11) is 1.86. The van der Waals surface area contributed by atoms with Crippen LogP contribution in [0.2, 0.25) is 0 Å². The Hall–Kier alpha value is -1.02. The van der Waals surface area contributed by atoms with E-state index in [-0.39, 0.29) is 24.0 Å². The second kappa shape index (κ2) is 12.6.